The lowest BCUT2D eigenvalue weighted by molar-refractivity contribution is -0.249. The summed E-state index contributed by atoms with van der Waals surface area (Å²) < 4.78 is 54.6. The Hall–Kier alpha value is -2.67. The Kier molecular flexibility index (Phi) is 7.15. The number of alkyl halides is 3. The van der Waals surface area contributed by atoms with E-state index in [2.05, 4.69) is 15.3 Å². The third-order valence-corrected chi connectivity index (χ3v) is 5.77. The minimum Gasteiger partial charge on any atom is -0.323 e. The van der Waals surface area contributed by atoms with Gasteiger partial charge in [-0.25, -0.2) is 8.78 Å². The van der Waals surface area contributed by atoms with E-state index in [0.717, 1.165) is 24.3 Å². The first kappa shape index (κ1) is 23.0. The number of hydrogen-bond acceptors (Lipinski definition) is 5. The van der Waals surface area contributed by atoms with E-state index in [1.54, 1.807) is 6.92 Å². The van der Waals surface area contributed by atoms with Gasteiger partial charge in [-0.1, -0.05) is 5.16 Å². The first-order valence-electron chi connectivity index (χ1n) is 10.1. The number of amides is 1. The van der Waals surface area contributed by atoms with Gasteiger partial charge in [-0.3, -0.25) is 4.79 Å². The minimum atomic E-state index is -3.68. The van der Waals surface area contributed by atoms with Crippen molar-refractivity contribution in [1.29, 1.82) is 5.26 Å². The van der Waals surface area contributed by atoms with Gasteiger partial charge in [0.15, 0.2) is 0 Å². The lowest BCUT2D eigenvalue weighted by atomic mass is 10.0. The third kappa shape index (κ3) is 5.73. The molecule has 0 bridgehead atoms. The molecule has 2 fully saturated rings. The zero-order valence-corrected chi connectivity index (χ0v) is 17.0. The van der Waals surface area contributed by atoms with Crippen LogP contribution in [0.5, 0.6) is 0 Å². The number of likely N-dealkylation sites (tertiary alicyclic amines) is 1. The van der Waals surface area contributed by atoms with Crippen molar-refractivity contribution in [3.05, 3.63) is 35.6 Å². The molecule has 2 aliphatic rings. The van der Waals surface area contributed by atoms with Crippen LogP contribution in [0.2, 0.25) is 0 Å². The van der Waals surface area contributed by atoms with Gasteiger partial charge < -0.3 is 15.1 Å². The number of rotatable bonds is 7. The average molecular weight is 440 g/mol. The maximum Gasteiger partial charge on any atom is 0.446 e. The molecule has 10 heteroatoms. The van der Waals surface area contributed by atoms with Crippen LogP contribution in [-0.2, 0) is 15.7 Å². The molecular weight excluding hydrogens is 416 g/mol. The summed E-state index contributed by atoms with van der Waals surface area (Å²) in [7, 11) is 0. The van der Waals surface area contributed by atoms with Crippen molar-refractivity contribution in [3.63, 3.8) is 0 Å². The van der Waals surface area contributed by atoms with Gasteiger partial charge in [-0.2, -0.15) is 14.0 Å². The summed E-state index contributed by atoms with van der Waals surface area (Å²) in [6, 6.07) is 4.90. The summed E-state index contributed by atoms with van der Waals surface area (Å²) in [5.74, 6) is -1.05. The fraction of sp³-hybridized carbons (Fsp3) is 0.571. The average Bonchev–Trinajstić information content (AvgIpc) is 3.37. The lowest BCUT2D eigenvalue weighted by Crippen LogP contribution is -2.43. The number of nitrogens with zero attached hydrogens (tertiary/aromatic N) is 3. The molecule has 1 saturated heterocycles. The topological polar surface area (TPSA) is 77.7 Å². The standard InChI is InChI=1S/C21H24F4N4O2/c1-13(28-31-21(24,25)15-3-5-16(22)6-4-15)14-2-7-18(8-14)27-11-20(30)29-12-17(23)9-19(29)10-26/h3-6,14,17-19,27H,2,7-9,11-12H2,1H3/b28-13+/t14-,17+,18+,19+/m1/s1. The SMILES string of the molecule is C/C(=N\OC(F)(F)c1ccc(F)cc1)[C@@H]1CC[C@H](NCC(=O)N2C[C@@H](F)C[C@H]2C#N)C1. The van der Waals surface area contributed by atoms with Crippen LogP contribution in [0.1, 0.15) is 38.2 Å². The van der Waals surface area contributed by atoms with E-state index in [4.69, 9.17) is 5.26 Å². The van der Waals surface area contributed by atoms with Crippen molar-refractivity contribution >= 4 is 11.6 Å². The number of oxime groups is 1. The van der Waals surface area contributed by atoms with Crippen molar-refractivity contribution in [3.8, 4) is 6.07 Å². The van der Waals surface area contributed by atoms with E-state index in [1.165, 1.54) is 4.90 Å². The molecule has 1 N–H and O–H groups in total. The summed E-state index contributed by atoms with van der Waals surface area (Å²) in [4.78, 5) is 18.0. The van der Waals surface area contributed by atoms with Crippen LogP contribution >= 0.6 is 0 Å². The molecule has 0 unspecified atom stereocenters. The third-order valence-electron chi connectivity index (χ3n) is 5.77. The zero-order valence-electron chi connectivity index (χ0n) is 17.0. The highest BCUT2D eigenvalue weighted by Crippen LogP contribution is 2.32. The molecule has 31 heavy (non-hydrogen) atoms. The van der Waals surface area contributed by atoms with E-state index in [-0.39, 0.29) is 37.4 Å². The molecule has 1 aliphatic heterocycles. The number of hydrogen-bond donors (Lipinski definition) is 1. The van der Waals surface area contributed by atoms with Gasteiger partial charge >= 0.3 is 6.11 Å². The minimum absolute atomic E-state index is 0.0163. The first-order chi connectivity index (χ1) is 14.7. The maximum atomic E-state index is 14.1. The highest BCUT2D eigenvalue weighted by atomic mass is 19.3. The summed E-state index contributed by atoms with van der Waals surface area (Å²) in [6.45, 7) is 1.51. The summed E-state index contributed by atoms with van der Waals surface area (Å²) in [5.41, 5.74) is -0.0928. The van der Waals surface area contributed by atoms with Crippen LogP contribution in [0, 0.1) is 23.1 Å². The van der Waals surface area contributed by atoms with Crippen LogP contribution in [-0.4, -0.2) is 47.9 Å². The highest BCUT2D eigenvalue weighted by Gasteiger charge is 2.37. The number of nitrogens with one attached hydrogen (secondary N) is 1. The largest absolute Gasteiger partial charge is 0.446 e. The van der Waals surface area contributed by atoms with E-state index in [0.29, 0.717) is 25.0 Å². The molecule has 1 aliphatic carbocycles. The predicted molar refractivity (Wildman–Crippen MR) is 104 cm³/mol. The van der Waals surface area contributed by atoms with Crippen molar-refractivity contribution in [2.75, 3.05) is 13.1 Å². The molecule has 4 atom stereocenters. The van der Waals surface area contributed by atoms with Gasteiger partial charge in [0.2, 0.25) is 5.91 Å². The Morgan fingerprint density at radius 2 is 2.03 bits per heavy atom. The number of benzene rings is 1. The number of carbonyl (C=O) groups excluding carboxylic acids is 1. The molecule has 1 saturated carbocycles. The fourth-order valence-corrected chi connectivity index (χ4v) is 3.96. The van der Waals surface area contributed by atoms with E-state index in [1.807, 2.05) is 6.07 Å². The molecule has 3 rings (SSSR count). The maximum absolute atomic E-state index is 14.1. The summed E-state index contributed by atoms with van der Waals surface area (Å²) in [6.07, 6.45) is -2.85. The Morgan fingerprint density at radius 3 is 2.71 bits per heavy atom. The number of nitriles is 1. The first-order valence-corrected chi connectivity index (χ1v) is 10.1. The molecule has 1 aromatic rings. The molecular formula is C21H24F4N4O2. The number of halogens is 4. The molecule has 0 aromatic heterocycles. The molecule has 1 aromatic carbocycles. The van der Waals surface area contributed by atoms with Crippen LogP contribution in [0.25, 0.3) is 0 Å². The molecule has 1 amide bonds. The van der Waals surface area contributed by atoms with Crippen molar-refractivity contribution < 1.29 is 27.2 Å². The van der Waals surface area contributed by atoms with Gasteiger partial charge in [0.1, 0.15) is 18.0 Å². The van der Waals surface area contributed by atoms with Crippen LogP contribution in [0.4, 0.5) is 17.6 Å². The second-order valence-corrected chi connectivity index (χ2v) is 7.96. The van der Waals surface area contributed by atoms with Gasteiger partial charge in [0.05, 0.1) is 30.4 Å². The smallest absolute Gasteiger partial charge is 0.323 e. The second-order valence-electron chi connectivity index (χ2n) is 7.96. The number of carbonyl (C=O) groups is 1. The van der Waals surface area contributed by atoms with Gasteiger partial charge in [-0.15, -0.1) is 0 Å². The van der Waals surface area contributed by atoms with Crippen LogP contribution < -0.4 is 5.32 Å². The van der Waals surface area contributed by atoms with E-state index in [9.17, 15) is 22.4 Å². The summed E-state index contributed by atoms with van der Waals surface area (Å²) >= 11 is 0. The highest BCUT2D eigenvalue weighted by molar-refractivity contribution is 5.84. The molecule has 0 spiro atoms. The molecule has 168 valence electrons. The monoisotopic (exact) mass is 440 g/mol. The second kappa shape index (κ2) is 9.64. The summed E-state index contributed by atoms with van der Waals surface area (Å²) in [5, 5.41) is 15.7. The Bertz CT molecular complexity index is 856. The van der Waals surface area contributed by atoms with Crippen molar-refractivity contribution in [2.24, 2.45) is 11.1 Å². The van der Waals surface area contributed by atoms with Crippen LogP contribution in [0.15, 0.2) is 29.4 Å². The van der Waals surface area contributed by atoms with Crippen molar-refractivity contribution in [2.45, 2.75) is 57.0 Å². The fourth-order valence-electron chi connectivity index (χ4n) is 3.96. The van der Waals surface area contributed by atoms with Gasteiger partial charge in [0, 0.05) is 18.4 Å². The quantitative estimate of drug-likeness (QED) is 0.400. The van der Waals surface area contributed by atoms with Gasteiger partial charge in [0.25, 0.3) is 0 Å². The molecule has 0 radical (unpaired) electrons. The van der Waals surface area contributed by atoms with Gasteiger partial charge in [-0.05, 0) is 50.5 Å². The Morgan fingerprint density at radius 1 is 1.32 bits per heavy atom. The molecule has 1 heterocycles. The van der Waals surface area contributed by atoms with E-state index >= 15 is 0 Å². The Labute approximate surface area is 177 Å². The normalized spacial score (nSPS) is 26.7. The lowest BCUT2D eigenvalue weighted by Gasteiger charge is -2.21. The predicted octanol–water partition coefficient (Wildman–Crippen LogP) is 3.49. The van der Waals surface area contributed by atoms with Crippen molar-refractivity contribution in [1.82, 2.24) is 10.2 Å². The van der Waals surface area contributed by atoms with E-state index < -0.39 is 29.7 Å². The van der Waals surface area contributed by atoms with Crippen LogP contribution in [0.3, 0.4) is 0 Å². The zero-order chi connectivity index (χ0) is 22.6. The molecule has 6 nitrogen and oxygen atoms in total. The Balaban J connectivity index is 1.48.